The minimum absolute atomic E-state index is 0.339. The molecule has 1 fully saturated rings. The Balaban J connectivity index is 2.12. The second kappa shape index (κ2) is 5.37. The van der Waals surface area contributed by atoms with Gasteiger partial charge in [0.2, 0.25) is 0 Å². The average Bonchev–Trinajstić information content (AvgIpc) is 2.31. The van der Waals surface area contributed by atoms with Crippen LogP contribution in [0.25, 0.3) is 0 Å². The number of nitrogens with zero attached hydrogens (tertiary/aromatic N) is 2. The van der Waals surface area contributed by atoms with Crippen LogP contribution in [-0.4, -0.2) is 52.3 Å². The normalized spacial score (nSPS) is 22.3. The van der Waals surface area contributed by atoms with E-state index in [0.717, 1.165) is 19.6 Å². The van der Waals surface area contributed by atoms with Crippen molar-refractivity contribution in [3.8, 4) is 0 Å². The second-order valence-electron chi connectivity index (χ2n) is 4.28. The van der Waals surface area contributed by atoms with Crippen molar-refractivity contribution < 1.29 is 4.65 Å². The lowest BCUT2D eigenvalue weighted by Crippen LogP contribution is -2.53. The van der Waals surface area contributed by atoms with Gasteiger partial charge in [-0.2, -0.15) is 0 Å². The minimum Gasteiger partial charge on any atom is -0.445 e. The molecule has 2 radical (unpaired) electrons. The van der Waals surface area contributed by atoms with Gasteiger partial charge in [-0.15, -0.1) is 0 Å². The second-order valence-corrected chi connectivity index (χ2v) is 4.28. The summed E-state index contributed by atoms with van der Waals surface area (Å²) >= 11 is 0. The summed E-state index contributed by atoms with van der Waals surface area (Å²) in [5, 5.41) is 0. The van der Waals surface area contributed by atoms with Gasteiger partial charge in [-0.1, -0.05) is 18.2 Å². The van der Waals surface area contributed by atoms with Crippen molar-refractivity contribution in [3.05, 3.63) is 30.3 Å². The van der Waals surface area contributed by atoms with Crippen molar-refractivity contribution in [2.45, 2.75) is 6.04 Å². The van der Waals surface area contributed by atoms with Gasteiger partial charge >= 0.3 is 0 Å². The molecule has 0 N–H and O–H groups in total. The lowest BCUT2D eigenvalue weighted by Gasteiger charge is -2.41. The quantitative estimate of drug-likeness (QED) is 0.698. The van der Waals surface area contributed by atoms with Crippen molar-refractivity contribution in [1.82, 2.24) is 4.90 Å². The highest BCUT2D eigenvalue weighted by Gasteiger charge is 2.24. The predicted molar refractivity (Wildman–Crippen MR) is 66.8 cm³/mol. The Labute approximate surface area is 98.4 Å². The summed E-state index contributed by atoms with van der Waals surface area (Å²) in [5.74, 6) is 0. The van der Waals surface area contributed by atoms with Gasteiger partial charge in [-0.3, -0.25) is 0 Å². The van der Waals surface area contributed by atoms with Gasteiger partial charge in [-0.25, -0.2) is 0 Å². The molecule has 1 atom stereocenters. The smallest absolute Gasteiger partial charge is 0.282 e. The van der Waals surface area contributed by atoms with E-state index in [1.807, 2.05) is 6.07 Å². The molecular weight excluding hydrogens is 199 g/mol. The predicted octanol–water partition coefficient (Wildman–Crippen LogP) is 0.907. The molecule has 84 valence electrons. The first-order chi connectivity index (χ1) is 7.81. The van der Waals surface area contributed by atoms with E-state index in [1.165, 1.54) is 5.69 Å². The SMILES string of the molecule is [B]OCC1CN(C)CCN1c1ccccc1. The third-order valence-electron chi connectivity index (χ3n) is 3.06. The third-order valence-corrected chi connectivity index (χ3v) is 3.06. The summed E-state index contributed by atoms with van der Waals surface area (Å²) in [6, 6.07) is 10.8. The molecule has 2 rings (SSSR count). The molecule has 1 aromatic carbocycles. The molecule has 0 spiro atoms. The summed E-state index contributed by atoms with van der Waals surface area (Å²) in [6.45, 7) is 3.66. The maximum Gasteiger partial charge on any atom is 0.282 e. The first-order valence-electron chi connectivity index (χ1n) is 5.63. The third kappa shape index (κ3) is 2.57. The highest BCUT2D eigenvalue weighted by atomic mass is 16.4. The number of rotatable bonds is 3. The summed E-state index contributed by atoms with van der Waals surface area (Å²) in [5.41, 5.74) is 1.25. The van der Waals surface area contributed by atoms with Crippen molar-refractivity contribution >= 4 is 13.7 Å². The first kappa shape index (κ1) is 11.5. The van der Waals surface area contributed by atoms with Crippen molar-refractivity contribution in [3.63, 3.8) is 0 Å². The largest absolute Gasteiger partial charge is 0.445 e. The highest BCUT2D eigenvalue weighted by molar-refractivity contribution is 5.98. The van der Waals surface area contributed by atoms with Crippen LogP contribution in [0.5, 0.6) is 0 Å². The molecule has 1 heterocycles. The Kier molecular flexibility index (Phi) is 3.85. The van der Waals surface area contributed by atoms with Crippen molar-refractivity contribution in [2.24, 2.45) is 0 Å². The van der Waals surface area contributed by atoms with Gasteiger partial charge in [0.15, 0.2) is 0 Å². The van der Waals surface area contributed by atoms with Gasteiger partial charge in [-0.05, 0) is 19.2 Å². The molecule has 0 saturated carbocycles. The summed E-state index contributed by atoms with van der Waals surface area (Å²) in [7, 11) is 7.33. The molecule has 1 aliphatic heterocycles. The van der Waals surface area contributed by atoms with Gasteiger partial charge in [0.1, 0.15) is 0 Å². The Morgan fingerprint density at radius 1 is 1.31 bits per heavy atom. The number of benzene rings is 1. The van der Waals surface area contributed by atoms with Crippen LogP contribution >= 0.6 is 0 Å². The van der Waals surface area contributed by atoms with Crippen LogP contribution in [0.1, 0.15) is 0 Å². The van der Waals surface area contributed by atoms with Crippen LogP contribution in [0.2, 0.25) is 0 Å². The zero-order chi connectivity index (χ0) is 11.4. The maximum absolute atomic E-state index is 5.20. The zero-order valence-electron chi connectivity index (χ0n) is 9.67. The van der Waals surface area contributed by atoms with Crippen LogP contribution < -0.4 is 4.90 Å². The minimum atomic E-state index is 0.339. The molecular formula is C12H17BN2O. The van der Waals surface area contributed by atoms with Crippen LogP contribution in [-0.2, 0) is 4.65 Å². The fourth-order valence-corrected chi connectivity index (χ4v) is 2.22. The van der Waals surface area contributed by atoms with E-state index in [9.17, 15) is 0 Å². The summed E-state index contributed by atoms with van der Waals surface area (Å²) in [6.07, 6.45) is 0. The monoisotopic (exact) mass is 216 g/mol. The molecule has 0 aliphatic carbocycles. The summed E-state index contributed by atoms with van der Waals surface area (Å²) in [4.78, 5) is 4.68. The molecule has 4 heteroatoms. The van der Waals surface area contributed by atoms with Crippen molar-refractivity contribution in [1.29, 1.82) is 0 Å². The molecule has 16 heavy (non-hydrogen) atoms. The van der Waals surface area contributed by atoms with Crippen LogP contribution in [0.4, 0.5) is 5.69 Å². The zero-order valence-corrected chi connectivity index (χ0v) is 9.67. The number of hydrogen-bond donors (Lipinski definition) is 0. The van der Waals surface area contributed by atoms with E-state index in [4.69, 9.17) is 12.7 Å². The Morgan fingerprint density at radius 2 is 2.06 bits per heavy atom. The fourth-order valence-electron chi connectivity index (χ4n) is 2.22. The number of anilines is 1. The molecule has 0 bridgehead atoms. The number of para-hydroxylation sites is 1. The molecule has 1 saturated heterocycles. The number of hydrogen-bond acceptors (Lipinski definition) is 3. The fraction of sp³-hybridized carbons (Fsp3) is 0.500. The lowest BCUT2D eigenvalue weighted by molar-refractivity contribution is 0.212. The Bertz CT molecular complexity index is 320. The highest BCUT2D eigenvalue weighted by Crippen LogP contribution is 2.19. The van der Waals surface area contributed by atoms with Crippen LogP contribution in [0, 0.1) is 0 Å². The van der Waals surface area contributed by atoms with Gasteiger partial charge in [0.25, 0.3) is 8.05 Å². The summed E-state index contributed by atoms with van der Waals surface area (Å²) < 4.78 is 4.81. The van der Waals surface area contributed by atoms with E-state index in [1.54, 1.807) is 0 Å². The molecule has 3 nitrogen and oxygen atoms in total. The molecule has 0 aromatic heterocycles. The molecule has 0 amide bonds. The van der Waals surface area contributed by atoms with E-state index in [-0.39, 0.29) is 0 Å². The topological polar surface area (TPSA) is 15.7 Å². The van der Waals surface area contributed by atoms with Crippen LogP contribution in [0.3, 0.4) is 0 Å². The average molecular weight is 216 g/mol. The number of piperazine rings is 1. The number of likely N-dealkylation sites (N-methyl/N-ethyl adjacent to an activating group) is 1. The standard InChI is InChI=1S/C12H17BN2O/c1-14-7-8-15(12(9-14)10-16-13)11-5-3-2-4-6-11/h2-6,12H,7-10H2,1H3. The van der Waals surface area contributed by atoms with E-state index in [2.05, 4.69) is 41.1 Å². The van der Waals surface area contributed by atoms with E-state index in [0.29, 0.717) is 12.6 Å². The van der Waals surface area contributed by atoms with Crippen LogP contribution in [0.15, 0.2) is 30.3 Å². The van der Waals surface area contributed by atoms with Gasteiger partial charge < -0.3 is 14.5 Å². The van der Waals surface area contributed by atoms with E-state index >= 15 is 0 Å². The Morgan fingerprint density at radius 3 is 2.75 bits per heavy atom. The van der Waals surface area contributed by atoms with Gasteiger partial charge in [0, 0.05) is 31.9 Å². The first-order valence-corrected chi connectivity index (χ1v) is 5.63. The molecule has 1 aromatic rings. The molecule has 1 aliphatic rings. The Hall–Kier alpha value is -0.995. The lowest BCUT2D eigenvalue weighted by atomic mass is 10.1. The van der Waals surface area contributed by atoms with Gasteiger partial charge in [0.05, 0.1) is 6.04 Å². The maximum atomic E-state index is 5.20. The molecule has 1 unspecified atom stereocenters. The van der Waals surface area contributed by atoms with Crippen molar-refractivity contribution in [2.75, 3.05) is 38.2 Å². The van der Waals surface area contributed by atoms with E-state index < -0.39 is 0 Å².